The summed E-state index contributed by atoms with van der Waals surface area (Å²) in [6.45, 7) is 3.31. The molecule has 0 aliphatic heterocycles. The summed E-state index contributed by atoms with van der Waals surface area (Å²) in [6.07, 6.45) is 2.50. The quantitative estimate of drug-likeness (QED) is 0.678. The van der Waals surface area contributed by atoms with Crippen LogP contribution in [0.1, 0.15) is 21.6 Å². The van der Waals surface area contributed by atoms with Crippen molar-refractivity contribution in [1.29, 1.82) is 0 Å². The van der Waals surface area contributed by atoms with Gasteiger partial charge in [0.1, 0.15) is 5.75 Å². The largest absolute Gasteiger partial charge is 0.476 e. The number of nitrogens with zero attached hydrogens (tertiary/aromatic N) is 3. The zero-order valence-corrected chi connectivity index (χ0v) is 11.2. The molecule has 21 heavy (non-hydrogen) atoms. The smallest absolute Gasteiger partial charge is 0.360 e. The van der Waals surface area contributed by atoms with Crippen molar-refractivity contribution in [1.82, 2.24) is 9.97 Å². The van der Waals surface area contributed by atoms with Crippen LogP contribution in [0.15, 0.2) is 24.5 Å². The Morgan fingerprint density at radius 2 is 1.90 bits per heavy atom. The normalized spacial score (nSPS) is 10.2. The maximum Gasteiger partial charge on any atom is 0.360 e. The molecule has 0 spiro atoms. The van der Waals surface area contributed by atoms with Gasteiger partial charge in [0, 0.05) is 18.0 Å². The standard InChI is InChI=1S/C13H11N3O5/c1-7-5-8(2)10(6-9(7)16(19)20)21-12-11(13(17)18)14-3-4-15-12/h3-6H,1-2H3,(H,17,18). The van der Waals surface area contributed by atoms with E-state index in [0.29, 0.717) is 11.1 Å². The lowest BCUT2D eigenvalue weighted by Crippen LogP contribution is -2.05. The maximum absolute atomic E-state index is 11.0. The average molecular weight is 289 g/mol. The highest BCUT2D eigenvalue weighted by Gasteiger charge is 2.19. The summed E-state index contributed by atoms with van der Waals surface area (Å²) in [5.41, 5.74) is 0.638. The molecule has 2 aromatic rings. The zero-order chi connectivity index (χ0) is 15.6. The van der Waals surface area contributed by atoms with E-state index in [2.05, 4.69) is 9.97 Å². The van der Waals surface area contributed by atoms with Crippen LogP contribution in [0.2, 0.25) is 0 Å². The van der Waals surface area contributed by atoms with Crippen molar-refractivity contribution >= 4 is 11.7 Å². The number of benzene rings is 1. The number of aromatic nitrogens is 2. The van der Waals surface area contributed by atoms with Crippen LogP contribution in [-0.4, -0.2) is 26.0 Å². The van der Waals surface area contributed by atoms with Gasteiger partial charge in [-0.25, -0.2) is 14.8 Å². The molecule has 0 atom stereocenters. The predicted octanol–water partition coefficient (Wildman–Crippen LogP) is 2.49. The Kier molecular flexibility index (Phi) is 3.79. The molecule has 108 valence electrons. The number of ether oxygens (including phenoxy) is 1. The van der Waals surface area contributed by atoms with Gasteiger partial charge in [0.05, 0.1) is 11.0 Å². The van der Waals surface area contributed by atoms with Gasteiger partial charge in [0.2, 0.25) is 5.69 Å². The molecule has 0 saturated heterocycles. The van der Waals surface area contributed by atoms with E-state index >= 15 is 0 Å². The van der Waals surface area contributed by atoms with E-state index in [1.54, 1.807) is 19.9 Å². The minimum absolute atomic E-state index is 0.114. The van der Waals surface area contributed by atoms with Crippen molar-refractivity contribution in [2.45, 2.75) is 13.8 Å². The first-order chi connectivity index (χ1) is 9.90. The van der Waals surface area contributed by atoms with Gasteiger partial charge in [-0.3, -0.25) is 10.1 Å². The molecule has 0 unspecified atom stereocenters. The van der Waals surface area contributed by atoms with Crippen LogP contribution in [0.5, 0.6) is 11.6 Å². The number of carboxylic acids is 1. The first-order valence-electron chi connectivity index (χ1n) is 5.88. The summed E-state index contributed by atoms with van der Waals surface area (Å²) in [5.74, 6) is -1.35. The van der Waals surface area contributed by atoms with Crippen LogP contribution < -0.4 is 4.74 Å². The van der Waals surface area contributed by atoms with Crippen molar-refractivity contribution < 1.29 is 19.6 Å². The van der Waals surface area contributed by atoms with Crippen molar-refractivity contribution in [2.75, 3.05) is 0 Å². The van der Waals surface area contributed by atoms with Gasteiger partial charge in [-0.05, 0) is 25.5 Å². The van der Waals surface area contributed by atoms with E-state index in [-0.39, 0.29) is 23.0 Å². The number of rotatable bonds is 4. The highest BCUT2D eigenvalue weighted by Crippen LogP contribution is 2.31. The fraction of sp³-hybridized carbons (Fsp3) is 0.154. The molecule has 0 fully saturated rings. The third-order valence-corrected chi connectivity index (χ3v) is 2.76. The SMILES string of the molecule is Cc1cc(C)c([N+](=O)[O-])cc1Oc1nccnc1C(=O)O. The van der Waals surface area contributed by atoms with Crippen molar-refractivity contribution in [3.8, 4) is 11.6 Å². The van der Waals surface area contributed by atoms with E-state index in [0.717, 1.165) is 0 Å². The first-order valence-corrected chi connectivity index (χ1v) is 5.88. The molecule has 0 bridgehead atoms. The van der Waals surface area contributed by atoms with Crippen LogP contribution in [0.3, 0.4) is 0 Å². The summed E-state index contributed by atoms with van der Waals surface area (Å²) >= 11 is 0. The van der Waals surface area contributed by atoms with E-state index in [4.69, 9.17) is 9.84 Å². The third-order valence-electron chi connectivity index (χ3n) is 2.76. The lowest BCUT2D eigenvalue weighted by molar-refractivity contribution is -0.385. The highest BCUT2D eigenvalue weighted by atomic mass is 16.6. The number of hydrogen-bond acceptors (Lipinski definition) is 6. The molecule has 0 radical (unpaired) electrons. The summed E-state index contributed by atoms with van der Waals surface area (Å²) < 4.78 is 5.39. The van der Waals surface area contributed by atoms with Gasteiger partial charge >= 0.3 is 5.97 Å². The monoisotopic (exact) mass is 289 g/mol. The third kappa shape index (κ3) is 2.94. The van der Waals surface area contributed by atoms with Gasteiger partial charge in [-0.1, -0.05) is 0 Å². The van der Waals surface area contributed by atoms with Crippen LogP contribution in [0.25, 0.3) is 0 Å². The Balaban J connectivity index is 2.47. The number of aromatic carboxylic acids is 1. The van der Waals surface area contributed by atoms with E-state index in [9.17, 15) is 14.9 Å². The topological polar surface area (TPSA) is 115 Å². The Hall–Kier alpha value is -3.03. The summed E-state index contributed by atoms with van der Waals surface area (Å²) in [7, 11) is 0. The summed E-state index contributed by atoms with van der Waals surface area (Å²) in [4.78, 5) is 28.9. The maximum atomic E-state index is 11.0. The predicted molar refractivity (Wildman–Crippen MR) is 71.6 cm³/mol. The van der Waals surface area contributed by atoms with Crippen LogP contribution >= 0.6 is 0 Å². The van der Waals surface area contributed by atoms with E-state index in [1.165, 1.54) is 18.5 Å². The molecular weight excluding hydrogens is 278 g/mol. The first kappa shape index (κ1) is 14.4. The molecule has 8 nitrogen and oxygen atoms in total. The minimum Gasteiger partial charge on any atom is -0.476 e. The lowest BCUT2D eigenvalue weighted by atomic mass is 10.1. The van der Waals surface area contributed by atoms with E-state index in [1.807, 2.05) is 0 Å². The van der Waals surface area contributed by atoms with Gasteiger partial charge in [-0.2, -0.15) is 0 Å². The van der Waals surface area contributed by atoms with Gasteiger partial charge < -0.3 is 9.84 Å². The summed E-state index contributed by atoms with van der Waals surface area (Å²) in [6, 6.07) is 2.83. The van der Waals surface area contributed by atoms with Gasteiger partial charge in [-0.15, -0.1) is 0 Å². The Morgan fingerprint density at radius 3 is 2.52 bits per heavy atom. The second-order valence-electron chi connectivity index (χ2n) is 4.28. The molecule has 2 rings (SSSR count). The molecule has 0 aliphatic rings. The molecule has 0 aliphatic carbocycles. The fourth-order valence-corrected chi connectivity index (χ4v) is 1.78. The second-order valence-corrected chi connectivity index (χ2v) is 4.28. The molecular formula is C13H11N3O5. The second kappa shape index (κ2) is 5.53. The molecule has 1 aromatic heterocycles. The average Bonchev–Trinajstić information content (AvgIpc) is 2.41. The number of carbonyl (C=O) groups is 1. The number of nitro benzene ring substituents is 1. The van der Waals surface area contributed by atoms with Crippen LogP contribution in [0.4, 0.5) is 5.69 Å². The van der Waals surface area contributed by atoms with Gasteiger partial charge in [0.25, 0.3) is 11.6 Å². The highest BCUT2D eigenvalue weighted by molar-refractivity contribution is 5.87. The minimum atomic E-state index is -1.29. The van der Waals surface area contributed by atoms with Crippen LogP contribution in [0, 0.1) is 24.0 Å². The molecule has 1 heterocycles. The summed E-state index contributed by atoms with van der Waals surface area (Å²) in [5, 5.41) is 19.9. The number of aryl methyl sites for hydroxylation is 2. The van der Waals surface area contributed by atoms with Crippen molar-refractivity contribution in [3.05, 3.63) is 51.5 Å². The molecule has 0 amide bonds. The molecule has 1 aromatic carbocycles. The molecule has 0 saturated carbocycles. The van der Waals surface area contributed by atoms with Crippen LogP contribution in [-0.2, 0) is 0 Å². The van der Waals surface area contributed by atoms with Crippen molar-refractivity contribution in [3.63, 3.8) is 0 Å². The number of hydrogen-bond donors (Lipinski definition) is 1. The number of carboxylic acid groups (broad SMARTS) is 1. The Morgan fingerprint density at radius 1 is 1.24 bits per heavy atom. The number of nitro groups is 1. The zero-order valence-electron chi connectivity index (χ0n) is 11.2. The Bertz CT molecular complexity index is 730. The lowest BCUT2D eigenvalue weighted by Gasteiger charge is -2.10. The molecule has 1 N–H and O–H groups in total. The van der Waals surface area contributed by atoms with Crippen molar-refractivity contribution in [2.24, 2.45) is 0 Å². The Labute approximate surface area is 119 Å². The molecule has 8 heteroatoms. The fourth-order valence-electron chi connectivity index (χ4n) is 1.78. The van der Waals surface area contributed by atoms with Gasteiger partial charge in [0.15, 0.2) is 0 Å². The van der Waals surface area contributed by atoms with E-state index < -0.39 is 10.9 Å².